The molecule has 0 unspecified atom stereocenters. The third-order valence-corrected chi connectivity index (χ3v) is 4.23. The Hall–Kier alpha value is -2.20. The predicted octanol–water partition coefficient (Wildman–Crippen LogP) is 3.49. The number of hydrogen-bond donors (Lipinski definition) is 1. The molecule has 1 aliphatic carbocycles. The van der Waals surface area contributed by atoms with E-state index in [1.165, 1.54) is 18.4 Å². The van der Waals surface area contributed by atoms with E-state index >= 15 is 0 Å². The van der Waals surface area contributed by atoms with Crippen molar-refractivity contribution in [3.05, 3.63) is 53.6 Å². The zero-order valence-corrected chi connectivity index (χ0v) is 13.1. The molecule has 0 bridgehead atoms. The summed E-state index contributed by atoms with van der Waals surface area (Å²) in [5, 5.41) is 3.45. The van der Waals surface area contributed by atoms with Gasteiger partial charge in [-0.1, -0.05) is 24.3 Å². The fraction of sp³-hybridized carbons (Fsp3) is 0.368. The average molecular weight is 311 g/mol. The van der Waals surface area contributed by atoms with E-state index in [4.69, 9.17) is 14.2 Å². The van der Waals surface area contributed by atoms with Crippen LogP contribution in [0.5, 0.6) is 17.2 Å². The van der Waals surface area contributed by atoms with Crippen LogP contribution in [0.15, 0.2) is 42.5 Å². The normalized spacial score (nSPS) is 15.7. The first kappa shape index (κ1) is 14.4. The Morgan fingerprint density at radius 1 is 1.00 bits per heavy atom. The van der Waals surface area contributed by atoms with Crippen molar-refractivity contribution in [1.29, 1.82) is 0 Å². The minimum Gasteiger partial charge on any atom is -0.493 e. The van der Waals surface area contributed by atoms with Gasteiger partial charge in [-0.15, -0.1) is 0 Å². The van der Waals surface area contributed by atoms with Crippen molar-refractivity contribution in [2.75, 3.05) is 13.4 Å². The Morgan fingerprint density at radius 3 is 2.70 bits per heavy atom. The third kappa shape index (κ3) is 3.59. The van der Waals surface area contributed by atoms with E-state index in [0.717, 1.165) is 48.4 Å². The quantitative estimate of drug-likeness (QED) is 0.849. The summed E-state index contributed by atoms with van der Waals surface area (Å²) in [5.74, 6) is 3.45. The van der Waals surface area contributed by atoms with Crippen molar-refractivity contribution in [2.45, 2.75) is 25.9 Å². The Kier molecular flexibility index (Phi) is 4.07. The molecule has 0 amide bonds. The number of hydrogen-bond acceptors (Lipinski definition) is 4. The topological polar surface area (TPSA) is 39.7 Å². The first-order valence-corrected chi connectivity index (χ1v) is 8.18. The van der Waals surface area contributed by atoms with Gasteiger partial charge in [-0.05, 0) is 42.5 Å². The molecule has 0 aromatic heterocycles. The van der Waals surface area contributed by atoms with Gasteiger partial charge in [0.2, 0.25) is 6.79 Å². The lowest BCUT2D eigenvalue weighted by Crippen LogP contribution is -2.13. The van der Waals surface area contributed by atoms with Gasteiger partial charge < -0.3 is 19.5 Å². The minimum atomic E-state index is 0.314. The summed E-state index contributed by atoms with van der Waals surface area (Å²) >= 11 is 0. The summed E-state index contributed by atoms with van der Waals surface area (Å²) in [4.78, 5) is 0. The second-order valence-corrected chi connectivity index (χ2v) is 6.15. The van der Waals surface area contributed by atoms with Crippen molar-refractivity contribution < 1.29 is 14.2 Å². The van der Waals surface area contributed by atoms with Gasteiger partial charge in [-0.3, -0.25) is 0 Å². The summed E-state index contributed by atoms with van der Waals surface area (Å²) in [7, 11) is 0. The van der Waals surface area contributed by atoms with Crippen molar-refractivity contribution in [3.8, 4) is 17.2 Å². The molecule has 0 spiro atoms. The number of ether oxygens (including phenoxy) is 3. The summed E-state index contributed by atoms with van der Waals surface area (Å²) in [6.45, 7) is 2.74. The van der Waals surface area contributed by atoms with E-state index in [2.05, 4.69) is 35.6 Å². The van der Waals surface area contributed by atoms with Gasteiger partial charge in [0.05, 0.1) is 6.61 Å². The average Bonchev–Trinajstić information content (AvgIpc) is 3.29. The first-order valence-electron chi connectivity index (χ1n) is 8.18. The number of benzene rings is 2. The molecule has 1 N–H and O–H groups in total. The molecule has 4 heteroatoms. The maximum atomic E-state index is 5.76. The Balaban J connectivity index is 1.28. The van der Waals surface area contributed by atoms with Crippen molar-refractivity contribution >= 4 is 0 Å². The molecule has 4 nitrogen and oxygen atoms in total. The van der Waals surface area contributed by atoms with Crippen LogP contribution in [0, 0.1) is 5.92 Å². The highest BCUT2D eigenvalue weighted by Crippen LogP contribution is 2.35. The SMILES string of the molecule is c1cc(CNCc2ccc(OCC3CC3)cc2)c2c(c1)OCO2. The van der Waals surface area contributed by atoms with Gasteiger partial charge in [0.25, 0.3) is 0 Å². The lowest BCUT2D eigenvalue weighted by atomic mass is 10.1. The third-order valence-electron chi connectivity index (χ3n) is 4.23. The highest BCUT2D eigenvalue weighted by Gasteiger charge is 2.21. The minimum absolute atomic E-state index is 0.314. The molecule has 0 radical (unpaired) electrons. The number of nitrogens with one attached hydrogen (secondary N) is 1. The van der Waals surface area contributed by atoms with E-state index in [1.54, 1.807) is 0 Å². The summed E-state index contributed by atoms with van der Waals surface area (Å²) in [6.07, 6.45) is 2.64. The van der Waals surface area contributed by atoms with Crippen molar-refractivity contribution in [2.24, 2.45) is 5.92 Å². The van der Waals surface area contributed by atoms with Gasteiger partial charge in [0, 0.05) is 18.7 Å². The standard InChI is InChI=1S/C19H21NO3/c1-2-16(19-18(3-1)22-13-23-19)11-20-10-14-6-8-17(9-7-14)21-12-15-4-5-15/h1-3,6-9,15,20H,4-5,10-13H2. The molecule has 1 fully saturated rings. The van der Waals surface area contributed by atoms with Gasteiger partial charge in [0.15, 0.2) is 11.5 Å². The Morgan fingerprint density at radius 2 is 1.87 bits per heavy atom. The molecule has 2 aliphatic rings. The molecule has 2 aromatic carbocycles. The van der Waals surface area contributed by atoms with Crippen LogP contribution >= 0.6 is 0 Å². The zero-order chi connectivity index (χ0) is 15.5. The molecule has 1 saturated carbocycles. The number of fused-ring (bicyclic) bond motifs is 1. The fourth-order valence-electron chi connectivity index (χ4n) is 2.67. The molecular formula is C19H21NO3. The molecule has 1 heterocycles. The van der Waals surface area contributed by atoms with Crippen LogP contribution in [0.4, 0.5) is 0 Å². The van der Waals surface area contributed by atoms with E-state index < -0.39 is 0 Å². The number of para-hydroxylation sites is 1. The maximum absolute atomic E-state index is 5.76. The summed E-state index contributed by atoms with van der Waals surface area (Å²) in [5.41, 5.74) is 2.37. The van der Waals surface area contributed by atoms with Crippen LogP contribution in [0.25, 0.3) is 0 Å². The monoisotopic (exact) mass is 311 g/mol. The van der Waals surface area contributed by atoms with Gasteiger partial charge in [0.1, 0.15) is 5.75 Å². The van der Waals surface area contributed by atoms with Gasteiger partial charge >= 0.3 is 0 Å². The highest BCUT2D eigenvalue weighted by atomic mass is 16.7. The zero-order valence-electron chi connectivity index (χ0n) is 13.1. The number of rotatable bonds is 7. The molecule has 0 atom stereocenters. The molecule has 1 aliphatic heterocycles. The molecule has 120 valence electrons. The predicted molar refractivity (Wildman–Crippen MR) is 87.8 cm³/mol. The lowest BCUT2D eigenvalue weighted by Gasteiger charge is -2.09. The molecule has 4 rings (SSSR count). The van der Waals surface area contributed by atoms with Crippen LogP contribution in [0.2, 0.25) is 0 Å². The van der Waals surface area contributed by atoms with Crippen molar-refractivity contribution in [3.63, 3.8) is 0 Å². The molecule has 0 saturated heterocycles. The highest BCUT2D eigenvalue weighted by molar-refractivity contribution is 5.48. The van der Waals surface area contributed by atoms with E-state index in [1.807, 2.05) is 12.1 Å². The van der Waals surface area contributed by atoms with Crippen LogP contribution in [-0.2, 0) is 13.1 Å². The molecular weight excluding hydrogens is 290 g/mol. The molecule has 2 aromatic rings. The molecule has 23 heavy (non-hydrogen) atoms. The summed E-state index contributed by atoms with van der Waals surface area (Å²) in [6, 6.07) is 14.3. The van der Waals surface area contributed by atoms with Gasteiger partial charge in [-0.25, -0.2) is 0 Å². The van der Waals surface area contributed by atoms with E-state index in [0.29, 0.717) is 6.79 Å². The van der Waals surface area contributed by atoms with Crippen LogP contribution in [0.1, 0.15) is 24.0 Å². The fourth-order valence-corrected chi connectivity index (χ4v) is 2.67. The van der Waals surface area contributed by atoms with Crippen molar-refractivity contribution in [1.82, 2.24) is 5.32 Å². The van der Waals surface area contributed by atoms with E-state index in [-0.39, 0.29) is 0 Å². The smallest absolute Gasteiger partial charge is 0.231 e. The van der Waals surface area contributed by atoms with E-state index in [9.17, 15) is 0 Å². The Bertz CT molecular complexity index is 665. The largest absolute Gasteiger partial charge is 0.493 e. The second-order valence-electron chi connectivity index (χ2n) is 6.15. The van der Waals surface area contributed by atoms with Crippen LogP contribution in [0.3, 0.4) is 0 Å². The van der Waals surface area contributed by atoms with Gasteiger partial charge in [-0.2, -0.15) is 0 Å². The Labute approximate surface area is 136 Å². The first-order chi connectivity index (χ1) is 11.4. The van der Waals surface area contributed by atoms with Crippen LogP contribution in [-0.4, -0.2) is 13.4 Å². The summed E-state index contributed by atoms with van der Waals surface area (Å²) < 4.78 is 16.7. The second kappa shape index (κ2) is 6.50. The maximum Gasteiger partial charge on any atom is 0.231 e. The lowest BCUT2D eigenvalue weighted by molar-refractivity contribution is 0.173. The van der Waals surface area contributed by atoms with Crippen LogP contribution < -0.4 is 19.5 Å².